The molecule has 230 valence electrons. The Labute approximate surface area is 257 Å². The minimum Gasteiger partial charge on any atom is -0.489 e. The number of hydrogen-bond acceptors (Lipinski definition) is 8. The van der Waals surface area contributed by atoms with Crippen LogP contribution in [0.2, 0.25) is 5.02 Å². The largest absolute Gasteiger partial charge is 0.489 e. The van der Waals surface area contributed by atoms with Gasteiger partial charge in [0.05, 0.1) is 35.0 Å². The molecule has 0 aliphatic carbocycles. The molecule has 43 heavy (non-hydrogen) atoms. The number of rotatable bonds is 8. The smallest absolute Gasteiger partial charge is 0.410 e. The van der Waals surface area contributed by atoms with E-state index in [2.05, 4.69) is 6.07 Å². The summed E-state index contributed by atoms with van der Waals surface area (Å²) in [5.74, 6) is -1.24. The van der Waals surface area contributed by atoms with Crippen molar-refractivity contribution in [3.8, 4) is 11.8 Å². The van der Waals surface area contributed by atoms with Gasteiger partial charge in [0.2, 0.25) is 10.0 Å². The van der Waals surface area contributed by atoms with E-state index in [0.29, 0.717) is 53.5 Å². The van der Waals surface area contributed by atoms with Gasteiger partial charge in [-0.2, -0.15) is 5.26 Å². The Morgan fingerprint density at radius 2 is 1.88 bits per heavy atom. The molecule has 2 aromatic rings. The van der Waals surface area contributed by atoms with E-state index in [1.54, 1.807) is 54.3 Å². The lowest BCUT2D eigenvalue weighted by molar-refractivity contribution is -0.139. The quantitative estimate of drug-likeness (QED) is 0.359. The molecule has 2 aromatic carbocycles. The van der Waals surface area contributed by atoms with Gasteiger partial charge in [-0.1, -0.05) is 35.9 Å². The van der Waals surface area contributed by atoms with E-state index in [9.17, 15) is 23.3 Å². The van der Waals surface area contributed by atoms with Gasteiger partial charge in [-0.05, 0) is 57.5 Å². The maximum absolute atomic E-state index is 13.5. The zero-order chi connectivity index (χ0) is 31.4. The second kappa shape index (κ2) is 13.3. The van der Waals surface area contributed by atoms with Gasteiger partial charge in [0.25, 0.3) is 0 Å². The number of likely N-dealkylation sites (tertiary alicyclic amines) is 1. The summed E-state index contributed by atoms with van der Waals surface area (Å²) in [6.07, 6.45) is 4.33. The molecule has 1 saturated heterocycles. The number of anilines is 1. The molecule has 0 bridgehead atoms. The Kier molecular flexibility index (Phi) is 9.93. The average Bonchev–Trinajstić information content (AvgIpc) is 3.33. The number of ether oxygens (including phenoxy) is 3. The lowest BCUT2D eigenvalue weighted by atomic mass is 10.1. The van der Waals surface area contributed by atoms with E-state index in [0.717, 1.165) is 5.56 Å². The highest BCUT2D eigenvalue weighted by molar-refractivity contribution is 7.93. The Bertz CT molecular complexity index is 1540. The van der Waals surface area contributed by atoms with Crippen LogP contribution in [0.3, 0.4) is 0 Å². The van der Waals surface area contributed by atoms with Crippen LogP contribution in [-0.4, -0.2) is 68.6 Å². The van der Waals surface area contributed by atoms with Crippen molar-refractivity contribution in [3.63, 3.8) is 0 Å². The number of sulfonamides is 1. The molecule has 10 nitrogen and oxygen atoms in total. The topological polar surface area (TPSA) is 126 Å². The van der Waals surface area contributed by atoms with Crippen molar-refractivity contribution in [1.82, 2.24) is 4.90 Å². The van der Waals surface area contributed by atoms with Crippen LogP contribution >= 0.6 is 11.6 Å². The highest BCUT2D eigenvalue weighted by Gasteiger charge is 2.40. The zero-order valence-electron chi connectivity index (χ0n) is 24.7. The third kappa shape index (κ3) is 8.00. The molecule has 12 heteroatoms. The Balaban J connectivity index is 1.56. The molecule has 1 fully saturated rings. The van der Waals surface area contributed by atoms with Crippen LogP contribution < -0.4 is 9.04 Å². The van der Waals surface area contributed by atoms with Crippen molar-refractivity contribution < 1.29 is 32.2 Å². The number of esters is 1. The fourth-order valence-electron chi connectivity index (χ4n) is 5.07. The van der Waals surface area contributed by atoms with E-state index in [4.69, 9.17) is 25.8 Å². The SMILES string of the molecule is CCOC(=O)CS(=O)(=O)N1c2ccc(OC3CCN(C(=O)OC(C)(C)C)CC3)c(Cl)c2CC1/C=C/c1cccc(C#N)c1. The number of amides is 1. The molecule has 2 heterocycles. The summed E-state index contributed by atoms with van der Waals surface area (Å²) in [6, 6.07) is 11.6. The first-order valence-corrected chi connectivity index (χ1v) is 16.1. The first-order chi connectivity index (χ1) is 20.3. The lowest BCUT2D eigenvalue weighted by Gasteiger charge is -2.33. The Hall–Kier alpha value is -3.75. The number of benzene rings is 2. The highest BCUT2D eigenvalue weighted by atomic mass is 35.5. The van der Waals surface area contributed by atoms with Crippen molar-refractivity contribution in [2.24, 2.45) is 0 Å². The fraction of sp³-hybridized carbons (Fsp3) is 0.452. The number of fused-ring (bicyclic) bond motifs is 1. The standard InChI is InChI=1S/C31H36ClN3O7S/c1-5-40-28(36)20-43(38,39)35-23(10-9-21-7-6-8-22(17-21)19-33)18-25-26(35)11-12-27(29(25)32)41-24-13-15-34(16-14-24)30(37)42-31(2,3)4/h6-12,17,23-24H,5,13-16,18,20H2,1-4H3/b10-9+. The van der Waals surface area contributed by atoms with Crippen molar-refractivity contribution in [2.45, 2.75) is 64.7 Å². The minimum atomic E-state index is -4.14. The molecule has 0 saturated carbocycles. The molecule has 4 rings (SSSR count). The first kappa shape index (κ1) is 32.2. The van der Waals surface area contributed by atoms with Crippen LogP contribution in [0, 0.1) is 11.3 Å². The maximum Gasteiger partial charge on any atom is 0.410 e. The molecule has 0 radical (unpaired) electrons. The highest BCUT2D eigenvalue weighted by Crippen LogP contribution is 2.44. The predicted molar refractivity (Wildman–Crippen MR) is 163 cm³/mol. The van der Waals surface area contributed by atoms with Gasteiger partial charge in [-0.3, -0.25) is 9.10 Å². The molecular formula is C31H36ClN3O7S. The molecule has 1 atom stereocenters. The molecule has 0 N–H and O–H groups in total. The third-order valence-electron chi connectivity index (χ3n) is 6.95. The van der Waals surface area contributed by atoms with Crippen LogP contribution in [0.25, 0.3) is 6.08 Å². The Morgan fingerprint density at radius 1 is 1.16 bits per heavy atom. The summed E-state index contributed by atoms with van der Waals surface area (Å²) in [6.45, 7) is 8.10. The van der Waals surface area contributed by atoms with Crippen LogP contribution in [0.1, 0.15) is 57.2 Å². The molecule has 1 unspecified atom stereocenters. The molecule has 1 amide bonds. The second-order valence-corrected chi connectivity index (χ2v) is 13.6. The van der Waals surface area contributed by atoms with Gasteiger partial charge in [-0.15, -0.1) is 0 Å². The van der Waals surface area contributed by atoms with Gasteiger partial charge in [0.15, 0.2) is 5.75 Å². The summed E-state index contributed by atoms with van der Waals surface area (Å²) in [4.78, 5) is 26.3. The molecule has 0 aromatic heterocycles. The summed E-state index contributed by atoms with van der Waals surface area (Å²) < 4.78 is 44.9. The van der Waals surface area contributed by atoms with Crippen molar-refractivity contribution >= 4 is 45.5 Å². The summed E-state index contributed by atoms with van der Waals surface area (Å²) in [7, 11) is -4.14. The Morgan fingerprint density at radius 3 is 2.53 bits per heavy atom. The molecule has 0 spiro atoms. The normalized spacial score (nSPS) is 17.4. The number of carbonyl (C=O) groups excluding carboxylic acids is 2. The number of halogens is 1. The summed E-state index contributed by atoms with van der Waals surface area (Å²) >= 11 is 6.84. The number of piperidine rings is 1. The number of carbonyl (C=O) groups is 2. The monoisotopic (exact) mass is 629 g/mol. The predicted octanol–water partition coefficient (Wildman–Crippen LogP) is 5.33. The van der Waals surface area contributed by atoms with E-state index >= 15 is 0 Å². The first-order valence-electron chi connectivity index (χ1n) is 14.1. The zero-order valence-corrected chi connectivity index (χ0v) is 26.3. The van der Waals surface area contributed by atoms with Gasteiger partial charge < -0.3 is 19.1 Å². The number of nitriles is 1. The van der Waals surface area contributed by atoms with Crippen LogP contribution in [-0.2, 0) is 30.7 Å². The van der Waals surface area contributed by atoms with Gasteiger partial charge in [0, 0.05) is 37.9 Å². The number of hydrogen-bond donors (Lipinski definition) is 0. The van der Waals surface area contributed by atoms with Gasteiger partial charge in [0.1, 0.15) is 17.5 Å². The van der Waals surface area contributed by atoms with Crippen molar-refractivity contribution in [1.29, 1.82) is 5.26 Å². The van der Waals surface area contributed by atoms with Gasteiger partial charge >= 0.3 is 12.1 Å². The molecular weight excluding hydrogens is 594 g/mol. The minimum absolute atomic E-state index is 0.0622. The lowest BCUT2D eigenvalue weighted by Crippen LogP contribution is -2.44. The third-order valence-corrected chi connectivity index (χ3v) is 9.04. The molecule has 2 aliphatic rings. The van der Waals surface area contributed by atoms with Crippen molar-refractivity contribution in [2.75, 3.05) is 29.8 Å². The summed E-state index contributed by atoms with van der Waals surface area (Å²) in [5, 5.41) is 9.53. The van der Waals surface area contributed by atoms with E-state index in [1.807, 2.05) is 26.8 Å². The van der Waals surface area contributed by atoms with Crippen LogP contribution in [0.4, 0.5) is 10.5 Å². The van der Waals surface area contributed by atoms with Crippen LogP contribution in [0.15, 0.2) is 42.5 Å². The molecule has 2 aliphatic heterocycles. The van der Waals surface area contributed by atoms with E-state index in [1.165, 1.54) is 4.31 Å². The maximum atomic E-state index is 13.5. The second-order valence-electron chi connectivity index (χ2n) is 11.4. The number of nitrogens with zero attached hydrogens (tertiary/aromatic N) is 3. The summed E-state index contributed by atoms with van der Waals surface area (Å²) in [5.41, 5.74) is 1.57. The van der Waals surface area contributed by atoms with Gasteiger partial charge in [-0.25, -0.2) is 13.2 Å². The fourth-order valence-corrected chi connectivity index (χ4v) is 6.90. The van der Waals surface area contributed by atoms with E-state index < -0.39 is 33.4 Å². The average molecular weight is 630 g/mol. The van der Waals surface area contributed by atoms with Crippen molar-refractivity contribution in [3.05, 3.63) is 64.2 Å². The van der Waals surface area contributed by atoms with E-state index in [-0.39, 0.29) is 25.2 Å². The van der Waals surface area contributed by atoms with Crippen LogP contribution in [0.5, 0.6) is 5.75 Å².